The number of primary amides is 1. The number of carbonyl (C=O) groups excluding carboxylic acids is 1. The Balaban J connectivity index is 2.27. The Morgan fingerprint density at radius 3 is 3.05 bits per heavy atom. The molecule has 3 heterocycles. The van der Waals surface area contributed by atoms with Crippen LogP contribution in [0.1, 0.15) is 30.2 Å². The molecule has 3 rings (SSSR count). The van der Waals surface area contributed by atoms with E-state index in [4.69, 9.17) is 17.3 Å². The van der Waals surface area contributed by atoms with E-state index in [2.05, 4.69) is 4.98 Å². The minimum absolute atomic E-state index is 0.0902. The molecule has 1 unspecified atom stereocenters. The lowest BCUT2D eigenvalue weighted by molar-refractivity contribution is -0.117. The van der Waals surface area contributed by atoms with E-state index in [0.29, 0.717) is 29.9 Å². The summed E-state index contributed by atoms with van der Waals surface area (Å²) in [5.41, 5.74) is 6.99. The van der Waals surface area contributed by atoms with Crippen LogP contribution in [-0.2, 0) is 17.8 Å². The first-order valence-electron chi connectivity index (χ1n) is 6.98. The fourth-order valence-electron chi connectivity index (χ4n) is 3.02. The number of halogens is 2. The maximum atomic E-state index is 14.1. The second kappa shape index (κ2) is 5.70. The molecule has 1 atom stereocenters. The van der Waals surface area contributed by atoms with Gasteiger partial charge in [0.2, 0.25) is 11.9 Å². The molecule has 0 saturated carbocycles. The Morgan fingerprint density at radius 2 is 2.36 bits per heavy atom. The van der Waals surface area contributed by atoms with Gasteiger partial charge < -0.3 is 15.4 Å². The Morgan fingerprint density at radius 1 is 1.59 bits per heavy atom. The summed E-state index contributed by atoms with van der Waals surface area (Å²) in [5.74, 6) is -1.19. The lowest BCUT2D eigenvalue weighted by Crippen LogP contribution is -2.20. The molecule has 7 heteroatoms. The van der Waals surface area contributed by atoms with Crippen LogP contribution in [0, 0.1) is 5.95 Å². The van der Waals surface area contributed by atoms with Gasteiger partial charge in [-0.3, -0.25) is 4.79 Å². The van der Waals surface area contributed by atoms with Gasteiger partial charge in [0.15, 0.2) is 0 Å². The molecule has 5 nitrogen and oxygen atoms in total. The number of nitrogens with two attached hydrogens (primary N) is 1. The van der Waals surface area contributed by atoms with E-state index in [1.165, 1.54) is 6.20 Å². The molecule has 2 aromatic rings. The summed E-state index contributed by atoms with van der Waals surface area (Å²) < 4.78 is 15.8. The van der Waals surface area contributed by atoms with Crippen LogP contribution < -0.4 is 5.73 Å². The highest BCUT2D eigenvalue weighted by Crippen LogP contribution is 2.42. The Bertz CT molecular complexity index is 745. The summed E-state index contributed by atoms with van der Waals surface area (Å²) in [4.78, 5) is 15.0. The average molecular weight is 324 g/mol. The minimum Gasteiger partial charge on any atom is -0.387 e. The molecule has 1 aliphatic heterocycles. The number of amides is 1. The molecule has 0 aromatic carbocycles. The van der Waals surface area contributed by atoms with Gasteiger partial charge >= 0.3 is 0 Å². The van der Waals surface area contributed by atoms with Gasteiger partial charge in [-0.15, -0.1) is 0 Å². The normalized spacial score (nSPS) is 17.3. The van der Waals surface area contributed by atoms with Crippen LogP contribution in [0.3, 0.4) is 0 Å². The highest BCUT2D eigenvalue weighted by molar-refractivity contribution is 6.34. The van der Waals surface area contributed by atoms with Crippen molar-refractivity contribution >= 4 is 17.5 Å². The van der Waals surface area contributed by atoms with Crippen LogP contribution in [0.5, 0.6) is 0 Å². The van der Waals surface area contributed by atoms with Crippen molar-refractivity contribution in [2.45, 2.75) is 31.9 Å². The quantitative estimate of drug-likeness (QED) is 0.850. The van der Waals surface area contributed by atoms with E-state index < -0.39 is 18.0 Å². The second-order valence-electron chi connectivity index (χ2n) is 5.32. The standard InChI is InChI=1S/C15H15ClFN3O2/c16-12-9(7-11(18)22)13-10(21)4-2-6-20(13)14(12)8-3-1-5-19-15(8)17/h1,3,5,10,21H,2,4,6-7H2,(H2,18,22). The Hall–Kier alpha value is -1.92. The van der Waals surface area contributed by atoms with Crippen LogP contribution in [0.4, 0.5) is 4.39 Å². The molecule has 3 N–H and O–H groups in total. The topological polar surface area (TPSA) is 81.1 Å². The lowest BCUT2D eigenvalue weighted by atomic mass is 10.0. The third-order valence-corrected chi connectivity index (χ3v) is 4.29. The predicted molar refractivity (Wildman–Crippen MR) is 79.7 cm³/mol. The molecular weight excluding hydrogens is 309 g/mol. The van der Waals surface area contributed by atoms with E-state index in [1.54, 1.807) is 16.7 Å². The maximum Gasteiger partial charge on any atom is 0.222 e. The van der Waals surface area contributed by atoms with E-state index in [1.807, 2.05) is 0 Å². The van der Waals surface area contributed by atoms with Crippen molar-refractivity contribution in [3.05, 3.63) is 40.6 Å². The summed E-state index contributed by atoms with van der Waals surface area (Å²) in [6.07, 6.45) is 1.83. The summed E-state index contributed by atoms with van der Waals surface area (Å²) in [6.45, 7) is 0.592. The molecule has 0 spiro atoms. The van der Waals surface area contributed by atoms with Gasteiger partial charge in [0.05, 0.1) is 34.5 Å². The number of nitrogens with zero attached hydrogens (tertiary/aromatic N) is 2. The molecule has 2 aromatic heterocycles. The zero-order valence-electron chi connectivity index (χ0n) is 11.7. The lowest BCUT2D eigenvalue weighted by Gasteiger charge is -2.23. The van der Waals surface area contributed by atoms with Gasteiger partial charge in [-0.05, 0) is 25.0 Å². The molecule has 1 aliphatic rings. The van der Waals surface area contributed by atoms with Crippen molar-refractivity contribution in [1.82, 2.24) is 9.55 Å². The second-order valence-corrected chi connectivity index (χ2v) is 5.70. The number of hydrogen-bond donors (Lipinski definition) is 2. The molecule has 0 radical (unpaired) electrons. The van der Waals surface area contributed by atoms with Crippen LogP contribution in [0.2, 0.25) is 5.02 Å². The first-order chi connectivity index (χ1) is 10.5. The number of rotatable bonds is 3. The van der Waals surface area contributed by atoms with Crippen molar-refractivity contribution in [2.24, 2.45) is 5.73 Å². The Labute approximate surface area is 131 Å². The van der Waals surface area contributed by atoms with E-state index in [-0.39, 0.29) is 17.0 Å². The molecule has 0 bridgehead atoms. The third-order valence-electron chi connectivity index (χ3n) is 3.88. The first kappa shape index (κ1) is 15.0. The molecule has 22 heavy (non-hydrogen) atoms. The zero-order chi connectivity index (χ0) is 15.9. The van der Waals surface area contributed by atoms with E-state index in [9.17, 15) is 14.3 Å². The summed E-state index contributed by atoms with van der Waals surface area (Å²) in [7, 11) is 0. The van der Waals surface area contributed by atoms with Crippen LogP contribution in [-0.4, -0.2) is 20.6 Å². The number of hydrogen-bond acceptors (Lipinski definition) is 3. The number of aliphatic hydroxyl groups is 1. The van der Waals surface area contributed by atoms with Gasteiger partial charge in [0.1, 0.15) is 0 Å². The van der Waals surface area contributed by atoms with Crippen molar-refractivity contribution < 1.29 is 14.3 Å². The van der Waals surface area contributed by atoms with Crippen molar-refractivity contribution in [1.29, 1.82) is 0 Å². The number of pyridine rings is 1. The van der Waals surface area contributed by atoms with Crippen LogP contribution in [0.15, 0.2) is 18.3 Å². The smallest absolute Gasteiger partial charge is 0.222 e. The zero-order valence-corrected chi connectivity index (χ0v) is 12.5. The number of aromatic nitrogens is 2. The highest BCUT2D eigenvalue weighted by atomic mass is 35.5. The van der Waals surface area contributed by atoms with Crippen molar-refractivity contribution in [2.75, 3.05) is 0 Å². The van der Waals surface area contributed by atoms with Gasteiger partial charge in [0.25, 0.3) is 0 Å². The molecule has 116 valence electrons. The van der Waals surface area contributed by atoms with Crippen molar-refractivity contribution in [3.8, 4) is 11.3 Å². The monoisotopic (exact) mass is 323 g/mol. The fourth-order valence-corrected chi connectivity index (χ4v) is 3.39. The molecule has 0 saturated heterocycles. The van der Waals surface area contributed by atoms with Gasteiger partial charge in [-0.25, -0.2) is 4.98 Å². The van der Waals surface area contributed by atoms with Crippen LogP contribution in [0.25, 0.3) is 11.3 Å². The molecular formula is C15H15ClFN3O2. The predicted octanol–water partition coefficient (Wildman–Crippen LogP) is 2.20. The average Bonchev–Trinajstić information content (AvgIpc) is 2.73. The fraction of sp³-hybridized carbons (Fsp3) is 0.333. The Kier molecular flexibility index (Phi) is 3.88. The number of carbonyl (C=O) groups is 1. The number of fused-ring (bicyclic) bond motifs is 1. The summed E-state index contributed by atoms with van der Waals surface area (Å²) in [5, 5.41) is 10.5. The van der Waals surface area contributed by atoms with E-state index >= 15 is 0 Å². The first-order valence-corrected chi connectivity index (χ1v) is 7.36. The molecule has 1 amide bonds. The highest BCUT2D eigenvalue weighted by Gasteiger charge is 2.31. The van der Waals surface area contributed by atoms with Gasteiger partial charge in [-0.1, -0.05) is 11.6 Å². The molecule has 0 aliphatic carbocycles. The summed E-state index contributed by atoms with van der Waals surface area (Å²) >= 11 is 6.40. The van der Waals surface area contributed by atoms with Crippen LogP contribution >= 0.6 is 11.6 Å². The van der Waals surface area contributed by atoms with Crippen molar-refractivity contribution in [3.63, 3.8) is 0 Å². The van der Waals surface area contributed by atoms with Gasteiger partial charge in [-0.2, -0.15) is 4.39 Å². The SMILES string of the molecule is NC(=O)Cc1c(Cl)c(-c2cccnc2F)n2c1C(O)CCC2. The maximum absolute atomic E-state index is 14.1. The molecule has 0 fully saturated rings. The minimum atomic E-state index is -0.742. The third kappa shape index (κ3) is 2.38. The van der Waals surface area contributed by atoms with Gasteiger partial charge in [0, 0.05) is 18.3 Å². The summed E-state index contributed by atoms with van der Waals surface area (Å²) in [6, 6.07) is 3.19. The largest absolute Gasteiger partial charge is 0.387 e. The van der Waals surface area contributed by atoms with E-state index in [0.717, 1.165) is 6.42 Å². The number of aliphatic hydroxyl groups excluding tert-OH is 1.